The third-order valence-corrected chi connectivity index (χ3v) is 7.25. The highest BCUT2D eigenvalue weighted by molar-refractivity contribution is 6.24. The Kier molecular flexibility index (Phi) is 6.82. The molecule has 2 aliphatic heterocycles. The number of fused-ring (bicyclic) bond motifs is 3. The first-order valence-electron chi connectivity index (χ1n) is 12.4. The summed E-state index contributed by atoms with van der Waals surface area (Å²) in [6.07, 6.45) is 8.72. The zero-order valence-corrected chi connectivity index (χ0v) is 20.7. The summed E-state index contributed by atoms with van der Waals surface area (Å²) in [7, 11) is 0. The van der Waals surface area contributed by atoms with Crippen LogP contribution in [0, 0.1) is 5.92 Å². The van der Waals surface area contributed by atoms with Crippen LogP contribution < -0.4 is 0 Å². The van der Waals surface area contributed by atoms with E-state index in [0.29, 0.717) is 35.1 Å². The molecular formula is C28H32O7. The van der Waals surface area contributed by atoms with Crippen LogP contribution in [-0.4, -0.2) is 40.1 Å². The first kappa shape index (κ1) is 25.0. The summed E-state index contributed by atoms with van der Waals surface area (Å²) < 4.78 is 11.3. The molecule has 0 fully saturated rings. The summed E-state index contributed by atoms with van der Waals surface area (Å²) in [5.41, 5.74) is 0.545. The maximum absolute atomic E-state index is 13.4. The minimum absolute atomic E-state index is 0.00226. The number of unbranched alkanes of at least 4 members (excludes halogenated alkanes) is 3. The molecule has 3 atom stereocenters. The van der Waals surface area contributed by atoms with Crippen molar-refractivity contribution in [2.24, 2.45) is 5.92 Å². The SMILES string of the molecule is CCCCCC[C@@H](C)C(=O)C1=C2C3=COC(C4=C(C)C[C@@H](O)CC4=O)=CC3=CC(=O)[C@]2(C)OC1=O. The lowest BCUT2D eigenvalue weighted by atomic mass is 9.74. The first-order valence-corrected chi connectivity index (χ1v) is 12.4. The summed E-state index contributed by atoms with van der Waals surface area (Å²) >= 11 is 0. The molecule has 0 aromatic heterocycles. The largest absolute Gasteiger partial charge is 0.464 e. The summed E-state index contributed by atoms with van der Waals surface area (Å²) in [5, 5.41) is 9.88. The highest BCUT2D eigenvalue weighted by Crippen LogP contribution is 2.47. The van der Waals surface area contributed by atoms with Crippen molar-refractivity contribution < 1.29 is 33.8 Å². The summed E-state index contributed by atoms with van der Waals surface area (Å²) in [4.78, 5) is 52.0. The molecule has 4 aliphatic rings. The molecule has 4 rings (SSSR count). The van der Waals surface area contributed by atoms with E-state index in [1.165, 1.54) is 19.3 Å². The van der Waals surface area contributed by atoms with Gasteiger partial charge in [-0.3, -0.25) is 14.4 Å². The van der Waals surface area contributed by atoms with E-state index in [-0.39, 0.29) is 40.8 Å². The fraction of sp³-hybridized carbons (Fsp3) is 0.500. The van der Waals surface area contributed by atoms with Crippen LogP contribution in [0.4, 0.5) is 0 Å². The summed E-state index contributed by atoms with van der Waals surface area (Å²) in [5.74, 6) is -1.90. The number of rotatable bonds is 8. The van der Waals surface area contributed by atoms with E-state index in [1.54, 1.807) is 19.9 Å². The van der Waals surface area contributed by atoms with E-state index in [2.05, 4.69) is 6.92 Å². The van der Waals surface area contributed by atoms with Gasteiger partial charge in [0.15, 0.2) is 17.2 Å². The van der Waals surface area contributed by atoms with E-state index >= 15 is 0 Å². The van der Waals surface area contributed by atoms with Gasteiger partial charge in [-0.25, -0.2) is 4.79 Å². The zero-order chi connectivity index (χ0) is 25.5. The zero-order valence-electron chi connectivity index (χ0n) is 20.7. The van der Waals surface area contributed by atoms with Crippen LogP contribution in [0.5, 0.6) is 0 Å². The molecule has 0 aromatic rings. The number of carbonyl (C=O) groups excluding carboxylic acids is 4. The number of hydrogen-bond donors (Lipinski definition) is 1. The molecule has 7 heteroatoms. The predicted octanol–water partition coefficient (Wildman–Crippen LogP) is 4.12. The maximum atomic E-state index is 13.4. The maximum Gasteiger partial charge on any atom is 0.343 e. The molecule has 0 aromatic carbocycles. The quantitative estimate of drug-likeness (QED) is 0.316. The smallest absolute Gasteiger partial charge is 0.343 e. The number of Topliss-reactive ketones (excluding diaryl/α,β-unsaturated/α-hetero) is 2. The van der Waals surface area contributed by atoms with Crippen molar-refractivity contribution in [1.29, 1.82) is 0 Å². The van der Waals surface area contributed by atoms with E-state index in [4.69, 9.17) is 9.47 Å². The Labute approximate surface area is 205 Å². The number of allylic oxidation sites excluding steroid dienone is 3. The van der Waals surface area contributed by atoms with E-state index in [9.17, 15) is 24.3 Å². The molecule has 35 heavy (non-hydrogen) atoms. The van der Waals surface area contributed by atoms with Gasteiger partial charge in [-0.05, 0) is 44.4 Å². The van der Waals surface area contributed by atoms with Crippen molar-refractivity contribution in [3.8, 4) is 0 Å². The molecule has 7 nitrogen and oxygen atoms in total. The Morgan fingerprint density at radius 2 is 1.91 bits per heavy atom. The number of aliphatic hydroxyl groups excluding tert-OH is 1. The minimum atomic E-state index is -1.59. The number of esters is 1. The number of ether oxygens (including phenoxy) is 2. The van der Waals surface area contributed by atoms with Gasteiger partial charge in [0.1, 0.15) is 11.3 Å². The van der Waals surface area contributed by atoms with Crippen LogP contribution in [0.25, 0.3) is 0 Å². The van der Waals surface area contributed by atoms with Crippen molar-refractivity contribution >= 4 is 23.3 Å². The second kappa shape index (κ2) is 9.53. The van der Waals surface area contributed by atoms with Gasteiger partial charge < -0.3 is 14.6 Å². The summed E-state index contributed by atoms with van der Waals surface area (Å²) in [6.45, 7) is 7.18. The minimum Gasteiger partial charge on any atom is -0.464 e. The molecule has 2 aliphatic carbocycles. The van der Waals surface area contributed by atoms with Crippen LogP contribution >= 0.6 is 0 Å². The van der Waals surface area contributed by atoms with E-state index in [0.717, 1.165) is 25.7 Å². The predicted molar refractivity (Wildman–Crippen MR) is 128 cm³/mol. The van der Waals surface area contributed by atoms with E-state index < -0.39 is 23.5 Å². The topological polar surface area (TPSA) is 107 Å². The van der Waals surface area contributed by atoms with Gasteiger partial charge in [0, 0.05) is 23.5 Å². The van der Waals surface area contributed by atoms with Gasteiger partial charge in [-0.2, -0.15) is 0 Å². The monoisotopic (exact) mass is 480 g/mol. The third kappa shape index (κ3) is 4.38. The first-order chi connectivity index (χ1) is 16.6. The molecule has 0 radical (unpaired) electrons. The van der Waals surface area contributed by atoms with Crippen LogP contribution in [0.15, 0.2) is 57.6 Å². The van der Waals surface area contributed by atoms with Gasteiger partial charge in [0.05, 0.1) is 17.9 Å². The van der Waals surface area contributed by atoms with Gasteiger partial charge in [0.2, 0.25) is 5.78 Å². The van der Waals surface area contributed by atoms with Gasteiger partial charge in [-0.15, -0.1) is 0 Å². The Morgan fingerprint density at radius 3 is 2.60 bits per heavy atom. The molecule has 0 saturated carbocycles. The average Bonchev–Trinajstić information content (AvgIpc) is 3.07. The third-order valence-electron chi connectivity index (χ3n) is 7.25. The Morgan fingerprint density at radius 1 is 1.17 bits per heavy atom. The van der Waals surface area contributed by atoms with Gasteiger partial charge >= 0.3 is 5.97 Å². The number of ketones is 3. The molecule has 0 spiro atoms. The molecule has 0 amide bonds. The highest BCUT2D eigenvalue weighted by atomic mass is 16.6. The van der Waals surface area contributed by atoms with Crippen LogP contribution in [0.1, 0.15) is 72.6 Å². The molecule has 0 unspecified atom stereocenters. The lowest BCUT2D eigenvalue weighted by Gasteiger charge is -2.32. The number of carbonyl (C=O) groups is 4. The summed E-state index contributed by atoms with van der Waals surface area (Å²) in [6, 6.07) is 0. The lowest BCUT2D eigenvalue weighted by molar-refractivity contribution is -0.153. The van der Waals surface area contributed by atoms with Crippen molar-refractivity contribution in [2.45, 2.75) is 84.3 Å². The Bertz CT molecular complexity index is 1160. The second-order valence-electron chi connectivity index (χ2n) is 10.0. The number of hydrogen-bond acceptors (Lipinski definition) is 7. The van der Waals surface area contributed by atoms with Crippen LogP contribution in [0.3, 0.4) is 0 Å². The van der Waals surface area contributed by atoms with Crippen LogP contribution in [0.2, 0.25) is 0 Å². The molecular weight excluding hydrogens is 448 g/mol. The van der Waals surface area contributed by atoms with Crippen molar-refractivity contribution in [3.63, 3.8) is 0 Å². The second-order valence-corrected chi connectivity index (χ2v) is 10.0. The van der Waals surface area contributed by atoms with Crippen molar-refractivity contribution in [3.05, 3.63) is 57.6 Å². The van der Waals surface area contributed by atoms with Crippen LogP contribution in [-0.2, 0) is 28.7 Å². The lowest BCUT2D eigenvalue weighted by Crippen LogP contribution is -2.40. The van der Waals surface area contributed by atoms with Gasteiger partial charge in [0.25, 0.3) is 0 Å². The fourth-order valence-electron chi connectivity index (χ4n) is 5.28. The molecule has 186 valence electrons. The fourth-order valence-corrected chi connectivity index (χ4v) is 5.28. The highest BCUT2D eigenvalue weighted by Gasteiger charge is 2.55. The molecule has 0 saturated heterocycles. The normalized spacial score (nSPS) is 26.9. The molecule has 1 N–H and O–H groups in total. The Hall–Kier alpha value is -3.06. The molecule has 2 heterocycles. The van der Waals surface area contributed by atoms with E-state index in [1.807, 2.05) is 0 Å². The van der Waals surface area contributed by atoms with Crippen molar-refractivity contribution in [1.82, 2.24) is 0 Å². The van der Waals surface area contributed by atoms with Crippen molar-refractivity contribution in [2.75, 3.05) is 0 Å². The average molecular weight is 481 g/mol. The molecule has 0 bridgehead atoms. The Balaban J connectivity index is 1.71. The van der Waals surface area contributed by atoms with Gasteiger partial charge in [-0.1, -0.05) is 45.1 Å². The standard InChI is InChI=1S/C28H32O7/c1-5-6-7-8-9-15(2)26(32)24-25-19-14-34-21(23-16(3)10-18(29)13-20(23)30)11-17(19)12-22(31)28(25,4)35-27(24)33/h11-12,14-15,18,29H,5-10,13H2,1-4H3/t15-,18-,28+/m1/s1. The number of aliphatic hydroxyl groups is 1.